The first kappa shape index (κ1) is 13.0. The third-order valence-corrected chi connectivity index (χ3v) is 3.04. The zero-order valence-corrected chi connectivity index (χ0v) is 11.9. The Morgan fingerprint density at radius 3 is 2.33 bits per heavy atom. The molecule has 2 nitrogen and oxygen atoms in total. The molecule has 2 aromatic rings. The number of nitrogens with zero attached hydrogens (tertiary/aromatic N) is 2. The van der Waals surface area contributed by atoms with Crippen LogP contribution in [0.5, 0.6) is 0 Å². The highest BCUT2D eigenvalue weighted by molar-refractivity contribution is 6.29. The Bertz CT molecular complexity index is 571. The Hall–Kier alpha value is -1.41. The van der Waals surface area contributed by atoms with E-state index in [4.69, 9.17) is 11.6 Å². The van der Waals surface area contributed by atoms with E-state index in [1.54, 1.807) is 0 Å². The van der Waals surface area contributed by atoms with E-state index in [9.17, 15) is 0 Å². The SMILES string of the molecule is Cc1ccccc1-c1nc(Cl)cc(C(C)(C)C)n1. The van der Waals surface area contributed by atoms with Crippen LogP contribution in [0.1, 0.15) is 32.0 Å². The minimum absolute atomic E-state index is 0.0377. The van der Waals surface area contributed by atoms with Crippen molar-refractivity contribution in [1.29, 1.82) is 0 Å². The highest BCUT2D eigenvalue weighted by atomic mass is 35.5. The van der Waals surface area contributed by atoms with Crippen LogP contribution in [0.25, 0.3) is 11.4 Å². The van der Waals surface area contributed by atoms with E-state index in [1.807, 2.05) is 24.3 Å². The second-order valence-corrected chi connectivity index (χ2v) is 5.85. The lowest BCUT2D eigenvalue weighted by atomic mass is 9.92. The Kier molecular flexibility index (Phi) is 3.40. The van der Waals surface area contributed by atoms with Gasteiger partial charge in [-0.2, -0.15) is 0 Å². The number of aromatic nitrogens is 2. The monoisotopic (exact) mass is 260 g/mol. The quantitative estimate of drug-likeness (QED) is 0.710. The van der Waals surface area contributed by atoms with Crippen molar-refractivity contribution in [2.24, 2.45) is 0 Å². The molecule has 0 atom stereocenters. The first-order chi connectivity index (χ1) is 8.38. The summed E-state index contributed by atoms with van der Waals surface area (Å²) in [7, 11) is 0. The van der Waals surface area contributed by atoms with Gasteiger partial charge in [0.05, 0.1) is 5.69 Å². The number of halogens is 1. The summed E-state index contributed by atoms with van der Waals surface area (Å²) in [5, 5.41) is 0.494. The van der Waals surface area contributed by atoms with Crippen LogP contribution in [-0.4, -0.2) is 9.97 Å². The van der Waals surface area contributed by atoms with Gasteiger partial charge in [-0.3, -0.25) is 0 Å². The van der Waals surface area contributed by atoms with Gasteiger partial charge in [-0.05, 0) is 18.6 Å². The molecule has 0 spiro atoms. The lowest BCUT2D eigenvalue weighted by Crippen LogP contribution is -2.14. The summed E-state index contributed by atoms with van der Waals surface area (Å²) in [5.41, 5.74) is 3.11. The molecule has 0 aliphatic heterocycles. The smallest absolute Gasteiger partial charge is 0.161 e. The van der Waals surface area contributed by atoms with Gasteiger partial charge in [-0.1, -0.05) is 56.6 Å². The molecule has 0 bridgehead atoms. The second-order valence-electron chi connectivity index (χ2n) is 5.46. The third kappa shape index (κ3) is 2.70. The third-order valence-electron chi connectivity index (χ3n) is 2.85. The van der Waals surface area contributed by atoms with E-state index in [0.29, 0.717) is 11.0 Å². The summed E-state index contributed by atoms with van der Waals surface area (Å²) in [6, 6.07) is 9.91. The topological polar surface area (TPSA) is 25.8 Å². The largest absolute Gasteiger partial charge is 0.232 e. The van der Waals surface area contributed by atoms with Gasteiger partial charge in [0, 0.05) is 11.0 Å². The molecule has 0 aliphatic rings. The van der Waals surface area contributed by atoms with Gasteiger partial charge in [-0.15, -0.1) is 0 Å². The summed E-state index contributed by atoms with van der Waals surface area (Å²) in [6.45, 7) is 8.41. The number of aryl methyl sites for hydroxylation is 1. The van der Waals surface area contributed by atoms with Crippen LogP contribution in [0.3, 0.4) is 0 Å². The molecule has 0 aliphatic carbocycles. The van der Waals surface area contributed by atoms with Crippen LogP contribution in [0.15, 0.2) is 30.3 Å². The van der Waals surface area contributed by atoms with Crippen molar-refractivity contribution < 1.29 is 0 Å². The first-order valence-corrected chi connectivity index (χ1v) is 6.37. The van der Waals surface area contributed by atoms with E-state index in [1.165, 1.54) is 0 Å². The van der Waals surface area contributed by atoms with Crippen LogP contribution in [-0.2, 0) is 5.41 Å². The number of rotatable bonds is 1. The maximum Gasteiger partial charge on any atom is 0.161 e. The summed E-state index contributed by atoms with van der Waals surface area (Å²) >= 11 is 6.11. The highest BCUT2D eigenvalue weighted by Gasteiger charge is 2.18. The summed E-state index contributed by atoms with van der Waals surface area (Å²) in [4.78, 5) is 8.97. The Morgan fingerprint density at radius 2 is 1.72 bits per heavy atom. The molecule has 0 unspecified atom stereocenters. The van der Waals surface area contributed by atoms with Crippen molar-refractivity contribution in [3.63, 3.8) is 0 Å². The number of hydrogen-bond acceptors (Lipinski definition) is 2. The molecular formula is C15H17ClN2. The predicted molar refractivity (Wildman–Crippen MR) is 75.9 cm³/mol. The fraction of sp³-hybridized carbons (Fsp3) is 0.333. The fourth-order valence-corrected chi connectivity index (χ4v) is 1.93. The zero-order valence-electron chi connectivity index (χ0n) is 11.2. The predicted octanol–water partition coefficient (Wildman–Crippen LogP) is 4.40. The molecule has 18 heavy (non-hydrogen) atoms. The zero-order chi connectivity index (χ0) is 13.3. The second kappa shape index (κ2) is 4.69. The van der Waals surface area contributed by atoms with E-state index in [-0.39, 0.29) is 5.41 Å². The molecule has 0 radical (unpaired) electrons. The average Bonchev–Trinajstić information content (AvgIpc) is 2.27. The average molecular weight is 261 g/mol. The Morgan fingerprint density at radius 1 is 1.06 bits per heavy atom. The van der Waals surface area contributed by atoms with E-state index < -0.39 is 0 Å². The minimum Gasteiger partial charge on any atom is -0.232 e. The molecule has 1 aromatic heterocycles. The van der Waals surface area contributed by atoms with Crippen LogP contribution in [0.2, 0.25) is 5.15 Å². The molecule has 0 N–H and O–H groups in total. The molecule has 0 amide bonds. The van der Waals surface area contributed by atoms with Gasteiger partial charge in [0.2, 0.25) is 0 Å². The van der Waals surface area contributed by atoms with Crippen molar-refractivity contribution in [2.45, 2.75) is 33.1 Å². The van der Waals surface area contributed by atoms with Crippen molar-refractivity contribution >= 4 is 11.6 Å². The minimum atomic E-state index is -0.0377. The molecule has 94 valence electrons. The molecule has 0 fully saturated rings. The van der Waals surface area contributed by atoms with Crippen LogP contribution in [0.4, 0.5) is 0 Å². The van der Waals surface area contributed by atoms with Crippen LogP contribution < -0.4 is 0 Å². The Labute approximate surface area is 113 Å². The molecule has 3 heteroatoms. The lowest BCUT2D eigenvalue weighted by molar-refractivity contribution is 0.568. The molecule has 0 saturated carbocycles. The van der Waals surface area contributed by atoms with Crippen molar-refractivity contribution in [3.05, 3.63) is 46.7 Å². The van der Waals surface area contributed by atoms with Gasteiger partial charge >= 0.3 is 0 Å². The van der Waals surface area contributed by atoms with Gasteiger partial charge in [0.1, 0.15) is 5.15 Å². The standard InChI is InChI=1S/C15H17ClN2/c1-10-7-5-6-8-11(10)14-17-12(15(2,3)4)9-13(16)18-14/h5-9H,1-4H3. The summed E-state index contributed by atoms with van der Waals surface area (Å²) in [6.07, 6.45) is 0. The van der Waals surface area contributed by atoms with Gasteiger partial charge in [-0.25, -0.2) is 9.97 Å². The lowest BCUT2D eigenvalue weighted by Gasteiger charge is -2.18. The summed E-state index contributed by atoms with van der Waals surface area (Å²) < 4.78 is 0. The van der Waals surface area contributed by atoms with E-state index in [2.05, 4.69) is 43.7 Å². The highest BCUT2D eigenvalue weighted by Crippen LogP contribution is 2.26. The van der Waals surface area contributed by atoms with Crippen molar-refractivity contribution in [2.75, 3.05) is 0 Å². The Balaban J connectivity index is 2.60. The van der Waals surface area contributed by atoms with Gasteiger partial charge < -0.3 is 0 Å². The van der Waals surface area contributed by atoms with Crippen molar-refractivity contribution in [3.8, 4) is 11.4 Å². The molecule has 1 aromatic carbocycles. The molecule has 0 saturated heterocycles. The number of hydrogen-bond donors (Lipinski definition) is 0. The first-order valence-electron chi connectivity index (χ1n) is 5.99. The molecule has 2 rings (SSSR count). The maximum absolute atomic E-state index is 6.11. The summed E-state index contributed by atoms with van der Waals surface area (Å²) in [5.74, 6) is 0.700. The van der Waals surface area contributed by atoms with Gasteiger partial charge in [0.15, 0.2) is 5.82 Å². The molecular weight excluding hydrogens is 244 g/mol. The fourth-order valence-electron chi connectivity index (χ4n) is 1.75. The van der Waals surface area contributed by atoms with E-state index >= 15 is 0 Å². The van der Waals surface area contributed by atoms with Crippen LogP contribution in [0, 0.1) is 6.92 Å². The maximum atomic E-state index is 6.11. The normalized spacial score (nSPS) is 11.6. The van der Waals surface area contributed by atoms with Crippen LogP contribution >= 0.6 is 11.6 Å². The van der Waals surface area contributed by atoms with Crippen molar-refractivity contribution in [1.82, 2.24) is 9.97 Å². The van der Waals surface area contributed by atoms with Gasteiger partial charge in [0.25, 0.3) is 0 Å². The number of benzene rings is 1. The van der Waals surface area contributed by atoms with E-state index in [0.717, 1.165) is 16.8 Å². The molecule has 1 heterocycles.